The van der Waals surface area contributed by atoms with Crippen LogP contribution < -0.4 is 10.5 Å². The molecule has 0 amide bonds. The molecule has 15 heavy (non-hydrogen) atoms. The van der Waals surface area contributed by atoms with E-state index in [-0.39, 0.29) is 5.82 Å². The molecule has 2 rings (SSSR count). The molecule has 0 unspecified atom stereocenters. The zero-order valence-corrected chi connectivity index (χ0v) is 8.76. The minimum absolute atomic E-state index is 0.267. The summed E-state index contributed by atoms with van der Waals surface area (Å²) in [5, 5.41) is 0.766. The zero-order chi connectivity index (χ0) is 10.7. The third kappa shape index (κ3) is 2.55. The molecule has 1 heterocycles. The molecule has 4 heteroatoms. The molecule has 0 saturated carbocycles. The van der Waals surface area contributed by atoms with Crippen molar-refractivity contribution in [1.29, 1.82) is 0 Å². The van der Waals surface area contributed by atoms with Gasteiger partial charge >= 0.3 is 0 Å². The number of halogens is 1. The van der Waals surface area contributed by atoms with E-state index in [0.29, 0.717) is 12.3 Å². The summed E-state index contributed by atoms with van der Waals surface area (Å²) in [5.74, 6) is 0.359. The van der Waals surface area contributed by atoms with Gasteiger partial charge in [0.25, 0.3) is 0 Å². The summed E-state index contributed by atoms with van der Waals surface area (Å²) in [6, 6.07) is 9.70. The fourth-order valence-electron chi connectivity index (χ4n) is 1.14. The lowest BCUT2D eigenvalue weighted by molar-refractivity contribution is 0.494. The van der Waals surface area contributed by atoms with Crippen LogP contribution >= 0.6 is 11.3 Å². The first kappa shape index (κ1) is 10.1. The molecule has 0 atom stereocenters. The number of thiophene rings is 1. The maximum atomic E-state index is 12.6. The van der Waals surface area contributed by atoms with E-state index in [0.717, 1.165) is 9.94 Å². The van der Waals surface area contributed by atoms with Gasteiger partial charge in [0.05, 0.1) is 0 Å². The van der Waals surface area contributed by atoms with Crippen molar-refractivity contribution in [2.45, 2.75) is 6.54 Å². The molecular weight excluding hydrogens is 213 g/mol. The number of benzene rings is 1. The Bertz CT molecular complexity index is 438. The van der Waals surface area contributed by atoms with Gasteiger partial charge in [-0.15, -0.1) is 11.3 Å². The fourth-order valence-corrected chi connectivity index (χ4v) is 1.89. The van der Waals surface area contributed by atoms with Gasteiger partial charge in [0, 0.05) is 11.4 Å². The van der Waals surface area contributed by atoms with Gasteiger partial charge in [0.15, 0.2) is 5.06 Å². The van der Waals surface area contributed by atoms with E-state index in [1.54, 1.807) is 12.1 Å². The fraction of sp³-hybridized carbons (Fsp3) is 0.0909. The summed E-state index contributed by atoms with van der Waals surface area (Å²) in [7, 11) is 0. The van der Waals surface area contributed by atoms with E-state index in [1.165, 1.54) is 23.5 Å². The lowest BCUT2D eigenvalue weighted by Gasteiger charge is -2.01. The van der Waals surface area contributed by atoms with E-state index >= 15 is 0 Å². The number of nitrogens with two attached hydrogens (primary N) is 1. The molecule has 78 valence electrons. The highest BCUT2D eigenvalue weighted by Gasteiger charge is 2.01. The van der Waals surface area contributed by atoms with E-state index in [1.807, 2.05) is 12.1 Å². The molecule has 0 saturated heterocycles. The highest BCUT2D eigenvalue weighted by molar-refractivity contribution is 7.13. The van der Waals surface area contributed by atoms with Gasteiger partial charge in [-0.2, -0.15) is 0 Å². The summed E-state index contributed by atoms with van der Waals surface area (Å²) in [4.78, 5) is 1.06. The maximum absolute atomic E-state index is 12.6. The number of hydrogen-bond acceptors (Lipinski definition) is 3. The Hall–Kier alpha value is -1.39. The number of rotatable bonds is 3. The van der Waals surface area contributed by atoms with Crippen LogP contribution in [0.2, 0.25) is 0 Å². The first-order valence-corrected chi connectivity index (χ1v) is 5.32. The van der Waals surface area contributed by atoms with Crippen LogP contribution in [0.25, 0.3) is 0 Å². The minimum atomic E-state index is -0.267. The molecule has 0 radical (unpaired) electrons. The van der Waals surface area contributed by atoms with Crippen molar-refractivity contribution >= 4 is 11.3 Å². The minimum Gasteiger partial charge on any atom is -0.447 e. The first-order valence-electron chi connectivity index (χ1n) is 4.50. The Morgan fingerprint density at radius 1 is 1.13 bits per heavy atom. The molecule has 1 aromatic carbocycles. The highest BCUT2D eigenvalue weighted by atomic mass is 32.1. The molecule has 1 aromatic heterocycles. The summed E-state index contributed by atoms with van der Waals surface area (Å²) in [6.07, 6.45) is 0. The van der Waals surface area contributed by atoms with Crippen molar-refractivity contribution in [2.24, 2.45) is 5.73 Å². The van der Waals surface area contributed by atoms with Gasteiger partial charge in [0.2, 0.25) is 0 Å². The number of hydrogen-bond donors (Lipinski definition) is 1. The SMILES string of the molecule is NCc1ccc(Oc2ccc(F)cc2)s1. The summed E-state index contributed by atoms with van der Waals surface area (Å²) in [6.45, 7) is 0.511. The average Bonchev–Trinajstić information content (AvgIpc) is 2.69. The largest absolute Gasteiger partial charge is 0.447 e. The van der Waals surface area contributed by atoms with Crippen LogP contribution in [-0.4, -0.2) is 0 Å². The number of ether oxygens (including phenoxy) is 1. The molecular formula is C11H10FNOS. The van der Waals surface area contributed by atoms with Crippen LogP contribution in [0.3, 0.4) is 0 Å². The van der Waals surface area contributed by atoms with Gasteiger partial charge in [-0.3, -0.25) is 0 Å². The second-order valence-electron chi connectivity index (χ2n) is 2.98. The van der Waals surface area contributed by atoms with Gasteiger partial charge in [0.1, 0.15) is 11.6 Å². The van der Waals surface area contributed by atoms with Crippen LogP contribution in [0, 0.1) is 5.82 Å². The predicted molar refractivity (Wildman–Crippen MR) is 58.7 cm³/mol. The molecule has 2 nitrogen and oxygen atoms in total. The predicted octanol–water partition coefficient (Wildman–Crippen LogP) is 3.14. The van der Waals surface area contributed by atoms with Crippen molar-refractivity contribution < 1.29 is 9.13 Å². The van der Waals surface area contributed by atoms with Crippen LogP contribution in [0.15, 0.2) is 36.4 Å². The van der Waals surface area contributed by atoms with Gasteiger partial charge in [-0.25, -0.2) is 4.39 Å². The summed E-state index contributed by atoms with van der Waals surface area (Å²) < 4.78 is 18.1. The van der Waals surface area contributed by atoms with E-state index < -0.39 is 0 Å². The zero-order valence-electron chi connectivity index (χ0n) is 7.94. The molecule has 0 aliphatic carbocycles. The lowest BCUT2D eigenvalue weighted by atomic mass is 10.3. The van der Waals surface area contributed by atoms with Crippen molar-refractivity contribution in [1.82, 2.24) is 0 Å². The lowest BCUT2D eigenvalue weighted by Crippen LogP contribution is -1.91. The van der Waals surface area contributed by atoms with Crippen molar-refractivity contribution in [2.75, 3.05) is 0 Å². The van der Waals surface area contributed by atoms with Crippen LogP contribution in [0.4, 0.5) is 4.39 Å². The molecule has 2 N–H and O–H groups in total. The Balaban J connectivity index is 2.11. The highest BCUT2D eigenvalue weighted by Crippen LogP contribution is 2.29. The molecule has 2 aromatic rings. The Kier molecular flexibility index (Phi) is 2.99. The van der Waals surface area contributed by atoms with E-state index in [9.17, 15) is 4.39 Å². The van der Waals surface area contributed by atoms with E-state index in [4.69, 9.17) is 10.5 Å². The third-order valence-corrected chi connectivity index (χ3v) is 2.86. The first-order chi connectivity index (χ1) is 7.28. The second kappa shape index (κ2) is 4.42. The quantitative estimate of drug-likeness (QED) is 0.867. The monoisotopic (exact) mass is 223 g/mol. The second-order valence-corrected chi connectivity index (χ2v) is 4.11. The molecule has 0 spiro atoms. The van der Waals surface area contributed by atoms with Crippen molar-refractivity contribution in [3.05, 3.63) is 47.1 Å². The van der Waals surface area contributed by atoms with Gasteiger partial charge in [-0.05, 0) is 36.4 Å². The molecule has 0 aliphatic rings. The Morgan fingerprint density at radius 3 is 2.47 bits per heavy atom. The summed E-state index contributed by atoms with van der Waals surface area (Å²) in [5.41, 5.74) is 5.48. The van der Waals surface area contributed by atoms with Gasteiger partial charge < -0.3 is 10.5 Å². The Labute approximate surface area is 91.1 Å². The van der Waals surface area contributed by atoms with Gasteiger partial charge in [-0.1, -0.05) is 0 Å². The van der Waals surface area contributed by atoms with Crippen molar-refractivity contribution in [3.63, 3.8) is 0 Å². The van der Waals surface area contributed by atoms with Crippen molar-refractivity contribution in [3.8, 4) is 10.8 Å². The normalized spacial score (nSPS) is 10.3. The molecule has 0 bridgehead atoms. The third-order valence-electron chi connectivity index (χ3n) is 1.87. The van der Waals surface area contributed by atoms with Crippen LogP contribution in [-0.2, 0) is 6.54 Å². The van der Waals surface area contributed by atoms with Crippen LogP contribution in [0.5, 0.6) is 10.8 Å². The van der Waals surface area contributed by atoms with Crippen LogP contribution in [0.1, 0.15) is 4.88 Å². The molecule has 0 aliphatic heterocycles. The average molecular weight is 223 g/mol. The molecule has 0 fully saturated rings. The standard InChI is InChI=1S/C11H10FNOS/c12-8-1-3-9(4-2-8)14-11-6-5-10(7-13)15-11/h1-6H,7,13H2. The maximum Gasteiger partial charge on any atom is 0.181 e. The topological polar surface area (TPSA) is 35.2 Å². The smallest absolute Gasteiger partial charge is 0.181 e. The Morgan fingerprint density at radius 2 is 1.87 bits per heavy atom. The summed E-state index contributed by atoms with van der Waals surface area (Å²) >= 11 is 1.49. The van der Waals surface area contributed by atoms with E-state index in [2.05, 4.69) is 0 Å².